The minimum absolute atomic E-state index is 0.000983. The number of phenols is 3. The van der Waals surface area contributed by atoms with Crippen LogP contribution in [0.4, 0.5) is 4.39 Å². The zero-order valence-corrected chi connectivity index (χ0v) is 13.8. The van der Waals surface area contributed by atoms with Crippen LogP contribution in [-0.4, -0.2) is 28.0 Å². The van der Waals surface area contributed by atoms with E-state index < -0.39 is 23.1 Å². The van der Waals surface area contributed by atoms with Gasteiger partial charge in [0.15, 0.2) is 23.1 Å². The van der Waals surface area contributed by atoms with Crippen molar-refractivity contribution in [2.45, 2.75) is 18.9 Å². The molecule has 0 spiro atoms. The second-order valence-electron chi connectivity index (χ2n) is 5.49. The van der Waals surface area contributed by atoms with E-state index in [9.17, 15) is 19.7 Å². The standard InChI is InChI=1S/C16H14Cl2FNO4/c17-9-4-11(21)15(23)13(18)12(9)8-3-10(19)14(22)7-2-1-6(5-20)24-16(7)8/h3-4,6,21-23H,1-2,5,20H2/t6-/m1/s1. The lowest BCUT2D eigenvalue weighted by Gasteiger charge is -2.28. The number of fused-ring (bicyclic) bond motifs is 1. The molecular weight excluding hydrogens is 360 g/mol. The predicted octanol–water partition coefficient (Wildman–Crippen LogP) is 3.57. The van der Waals surface area contributed by atoms with Crippen molar-refractivity contribution in [2.75, 3.05) is 6.54 Å². The van der Waals surface area contributed by atoms with E-state index in [-0.39, 0.29) is 45.1 Å². The van der Waals surface area contributed by atoms with Crippen LogP contribution in [0.1, 0.15) is 12.0 Å². The highest BCUT2D eigenvalue weighted by Gasteiger charge is 2.29. The molecule has 2 aromatic rings. The van der Waals surface area contributed by atoms with E-state index in [1.54, 1.807) is 0 Å². The molecule has 128 valence electrons. The van der Waals surface area contributed by atoms with E-state index in [4.69, 9.17) is 33.7 Å². The summed E-state index contributed by atoms with van der Waals surface area (Å²) in [4.78, 5) is 0. The van der Waals surface area contributed by atoms with E-state index >= 15 is 0 Å². The topological polar surface area (TPSA) is 95.9 Å². The highest BCUT2D eigenvalue weighted by Crippen LogP contribution is 2.51. The first-order valence-electron chi connectivity index (χ1n) is 7.16. The van der Waals surface area contributed by atoms with Gasteiger partial charge in [0.2, 0.25) is 0 Å². The molecule has 0 bridgehead atoms. The molecule has 5 N–H and O–H groups in total. The van der Waals surface area contributed by atoms with E-state index in [1.165, 1.54) is 0 Å². The van der Waals surface area contributed by atoms with Crippen molar-refractivity contribution in [3.63, 3.8) is 0 Å². The molecule has 0 aromatic heterocycles. The van der Waals surface area contributed by atoms with Crippen molar-refractivity contribution in [1.29, 1.82) is 0 Å². The van der Waals surface area contributed by atoms with Crippen LogP contribution >= 0.6 is 23.2 Å². The Labute approximate surface area is 147 Å². The van der Waals surface area contributed by atoms with Gasteiger partial charge >= 0.3 is 0 Å². The molecule has 8 heteroatoms. The average Bonchev–Trinajstić information content (AvgIpc) is 2.56. The summed E-state index contributed by atoms with van der Waals surface area (Å²) in [5.74, 6) is -2.23. The van der Waals surface area contributed by atoms with Crippen LogP contribution < -0.4 is 10.5 Å². The molecule has 0 radical (unpaired) electrons. The number of nitrogens with two attached hydrogens (primary N) is 1. The first-order chi connectivity index (χ1) is 11.3. The van der Waals surface area contributed by atoms with Crippen molar-refractivity contribution >= 4 is 23.2 Å². The van der Waals surface area contributed by atoms with Gasteiger partial charge in [-0.1, -0.05) is 23.2 Å². The molecule has 1 heterocycles. The normalized spacial score (nSPS) is 16.6. The minimum atomic E-state index is -0.863. The zero-order valence-electron chi connectivity index (χ0n) is 12.3. The molecule has 1 aliphatic heterocycles. The third-order valence-electron chi connectivity index (χ3n) is 4.01. The van der Waals surface area contributed by atoms with Gasteiger partial charge in [-0.2, -0.15) is 0 Å². The van der Waals surface area contributed by atoms with Crippen LogP contribution in [0, 0.1) is 5.82 Å². The second kappa shape index (κ2) is 6.20. The van der Waals surface area contributed by atoms with Gasteiger partial charge in [0, 0.05) is 29.3 Å². The zero-order chi connectivity index (χ0) is 17.6. The molecule has 24 heavy (non-hydrogen) atoms. The van der Waals surface area contributed by atoms with Crippen LogP contribution in [0.2, 0.25) is 10.0 Å². The quantitative estimate of drug-likeness (QED) is 0.603. The lowest BCUT2D eigenvalue weighted by Crippen LogP contribution is -2.30. The Balaban J connectivity index is 2.31. The Kier molecular flexibility index (Phi) is 4.38. The highest BCUT2D eigenvalue weighted by atomic mass is 35.5. The Morgan fingerprint density at radius 1 is 1.21 bits per heavy atom. The molecule has 0 unspecified atom stereocenters. The molecule has 0 amide bonds. The summed E-state index contributed by atoms with van der Waals surface area (Å²) < 4.78 is 19.9. The fourth-order valence-electron chi connectivity index (χ4n) is 2.77. The largest absolute Gasteiger partial charge is 0.505 e. The van der Waals surface area contributed by atoms with Gasteiger partial charge in [-0.25, -0.2) is 4.39 Å². The Morgan fingerprint density at radius 3 is 2.58 bits per heavy atom. The molecule has 0 saturated heterocycles. The third-order valence-corrected chi connectivity index (χ3v) is 4.67. The number of rotatable bonds is 2. The van der Waals surface area contributed by atoms with Crippen LogP contribution in [0.5, 0.6) is 23.0 Å². The highest BCUT2D eigenvalue weighted by molar-refractivity contribution is 6.40. The molecule has 2 aromatic carbocycles. The second-order valence-corrected chi connectivity index (χ2v) is 6.28. The van der Waals surface area contributed by atoms with Gasteiger partial charge in [-0.3, -0.25) is 0 Å². The van der Waals surface area contributed by atoms with E-state index in [0.717, 1.165) is 12.1 Å². The van der Waals surface area contributed by atoms with Gasteiger partial charge in [0.05, 0.1) is 10.0 Å². The predicted molar refractivity (Wildman–Crippen MR) is 88.6 cm³/mol. The number of aromatic hydroxyl groups is 3. The Hall–Kier alpha value is -1.89. The van der Waals surface area contributed by atoms with Gasteiger partial charge in [-0.05, 0) is 18.9 Å². The number of phenolic OH excluding ortho intramolecular Hbond substituents is 3. The molecule has 0 aliphatic carbocycles. The lowest BCUT2D eigenvalue weighted by atomic mass is 9.94. The van der Waals surface area contributed by atoms with Gasteiger partial charge in [-0.15, -0.1) is 0 Å². The first-order valence-corrected chi connectivity index (χ1v) is 7.92. The molecule has 3 rings (SSSR count). The summed E-state index contributed by atoms with van der Waals surface area (Å²) in [7, 11) is 0. The summed E-state index contributed by atoms with van der Waals surface area (Å²) in [6.45, 7) is 0.249. The number of benzene rings is 2. The van der Waals surface area contributed by atoms with Crippen molar-refractivity contribution in [2.24, 2.45) is 5.73 Å². The Bertz CT molecular complexity index is 829. The fourth-order valence-corrected chi connectivity index (χ4v) is 3.42. The summed E-state index contributed by atoms with van der Waals surface area (Å²) in [5.41, 5.74) is 6.19. The van der Waals surface area contributed by atoms with Gasteiger partial charge in [0.25, 0.3) is 0 Å². The molecule has 5 nitrogen and oxygen atoms in total. The molecule has 1 aliphatic rings. The first kappa shape index (κ1) is 17.0. The van der Waals surface area contributed by atoms with Gasteiger partial charge < -0.3 is 25.8 Å². The fraction of sp³-hybridized carbons (Fsp3) is 0.250. The van der Waals surface area contributed by atoms with Crippen molar-refractivity contribution < 1.29 is 24.4 Å². The summed E-state index contributed by atoms with van der Waals surface area (Å²) >= 11 is 12.2. The molecule has 1 atom stereocenters. The van der Waals surface area contributed by atoms with Crippen molar-refractivity contribution in [3.8, 4) is 34.1 Å². The maximum absolute atomic E-state index is 14.1. The Morgan fingerprint density at radius 2 is 1.92 bits per heavy atom. The van der Waals surface area contributed by atoms with E-state index in [2.05, 4.69) is 0 Å². The van der Waals surface area contributed by atoms with Crippen LogP contribution in [0.3, 0.4) is 0 Å². The number of ether oxygens (including phenoxy) is 1. The maximum atomic E-state index is 14.1. The summed E-state index contributed by atoms with van der Waals surface area (Å²) in [6.07, 6.45) is 0.597. The van der Waals surface area contributed by atoms with Crippen molar-refractivity contribution in [1.82, 2.24) is 0 Å². The number of hydrogen-bond donors (Lipinski definition) is 4. The van der Waals surface area contributed by atoms with Crippen LogP contribution in [-0.2, 0) is 6.42 Å². The van der Waals surface area contributed by atoms with Crippen molar-refractivity contribution in [3.05, 3.63) is 33.6 Å². The monoisotopic (exact) mass is 373 g/mol. The average molecular weight is 374 g/mol. The molecular formula is C16H14Cl2FNO4. The molecule has 0 fully saturated rings. The van der Waals surface area contributed by atoms with Gasteiger partial charge in [0.1, 0.15) is 11.9 Å². The van der Waals surface area contributed by atoms with E-state index in [1.807, 2.05) is 0 Å². The SMILES string of the molecule is NC[C@H]1CCc2c(O)c(F)cc(-c3c(Cl)cc(O)c(O)c3Cl)c2O1. The third kappa shape index (κ3) is 2.60. The lowest BCUT2D eigenvalue weighted by molar-refractivity contribution is 0.179. The van der Waals surface area contributed by atoms with Crippen LogP contribution in [0.15, 0.2) is 12.1 Å². The summed E-state index contributed by atoms with van der Waals surface area (Å²) in [6, 6.07) is 2.12. The molecule has 0 saturated carbocycles. The van der Waals surface area contributed by atoms with E-state index in [0.29, 0.717) is 12.8 Å². The number of hydrogen-bond acceptors (Lipinski definition) is 5. The maximum Gasteiger partial charge on any atom is 0.177 e. The number of halogens is 3. The minimum Gasteiger partial charge on any atom is -0.505 e. The summed E-state index contributed by atoms with van der Waals surface area (Å²) in [5, 5.41) is 29.2. The smallest absolute Gasteiger partial charge is 0.177 e. The van der Waals surface area contributed by atoms with Crippen LogP contribution in [0.25, 0.3) is 11.1 Å².